The maximum Gasteiger partial charge on any atom is 0.128 e. The number of rotatable bonds is 3. The lowest BCUT2D eigenvalue weighted by Gasteiger charge is -2.05. The Kier molecular flexibility index (Phi) is 2.83. The van der Waals surface area contributed by atoms with E-state index in [4.69, 9.17) is 5.73 Å². The number of anilines is 2. The summed E-state index contributed by atoms with van der Waals surface area (Å²) in [6, 6.07) is 13.8. The lowest BCUT2D eigenvalue weighted by Crippen LogP contribution is -2.01. The summed E-state index contributed by atoms with van der Waals surface area (Å²) in [5, 5.41) is 3.21. The number of hydrogen-bond donors (Lipinski definition) is 2. The van der Waals surface area contributed by atoms with Crippen LogP contribution in [0.2, 0.25) is 0 Å². The summed E-state index contributed by atoms with van der Waals surface area (Å²) in [5.41, 5.74) is 7.59. The van der Waals surface area contributed by atoms with Crippen LogP contribution < -0.4 is 11.1 Å². The average molecular weight is 199 g/mol. The molecule has 0 unspecified atom stereocenters. The van der Waals surface area contributed by atoms with Gasteiger partial charge in [0.1, 0.15) is 5.82 Å². The van der Waals surface area contributed by atoms with Crippen LogP contribution in [0.15, 0.2) is 48.7 Å². The molecule has 3 nitrogen and oxygen atoms in total. The SMILES string of the molecule is Nc1ccnc(NCc2ccccc2)c1. The number of benzene rings is 1. The highest BCUT2D eigenvalue weighted by Gasteiger charge is 1.94. The van der Waals surface area contributed by atoms with Crippen LogP contribution in [-0.4, -0.2) is 4.98 Å². The van der Waals surface area contributed by atoms with E-state index in [1.807, 2.05) is 24.3 Å². The molecule has 2 rings (SSSR count). The van der Waals surface area contributed by atoms with E-state index in [0.29, 0.717) is 0 Å². The van der Waals surface area contributed by atoms with Gasteiger partial charge in [-0.3, -0.25) is 0 Å². The van der Waals surface area contributed by atoms with Gasteiger partial charge >= 0.3 is 0 Å². The van der Waals surface area contributed by atoms with Gasteiger partial charge in [0.05, 0.1) is 0 Å². The highest BCUT2D eigenvalue weighted by atomic mass is 15.0. The maximum absolute atomic E-state index is 5.65. The van der Waals surface area contributed by atoms with Crippen molar-refractivity contribution in [3.05, 3.63) is 54.2 Å². The van der Waals surface area contributed by atoms with Gasteiger partial charge in [0, 0.05) is 24.5 Å². The molecule has 0 amide bonds. The Morgan fingerprint density at radius 2 is 1.93 bits per heavy atom. The second-order valence-corrected chi connectivity index (χ2v) is 3.31. The number of pyridine rings is 1. The molecule has 76 valence electrons. The second-order valence-electron chi connectivity index (χ2n) is 3.31. The molecule has 0 radical (unpaired) electrons. The predicted molar refractivity (Wildman–Crippen MR) is 62.4 cm³/mol. The minimum absolute atomic E-state index is 0.723. The van der Waals surface area contributed by atoms with Gasteiger partial charge in [0.15, 0.2) is 0 Å². The molecular formula is C12H13N3. The number of nitrogen functional groups attached to an aromatic ring is 1. The van der Waals surface area contributed by atoms with E-state index in [9.17, 15) is 0 Å². The smallest absolute Gasteiger partial charge is 0.128 e. The minimum atomic E-state index is 0.723. The summed E-state index contributed by atoms with van der Waals surface area (Å²) in [4.78, 5) is 4.16. The van der Waals surface area contributed by atoms with Crippen LogP contribution in [0.5, 0.6) is 0 Å². The van der Waals surface area contributed by atoms with Crippen LogP contribution in [-0.2, 0) is 6.54 Å². The summed E-state index contributed by atoms with van der Waals surface area (Å²) in [5.74, 6) is 0.804. The van der Waals surface area contributed by atoms with E-state index >= 15 is 0 Å². The molecule has 0 atom stereocenters. The average Bonchev–Trinajstić information content (AvgIpc) is 2.28. The molecule has 0 aliphatic heterocycles. The van der Waals surface area contributed by atoms with E-state index in [-0.39, 0.29) is 0 Å². The van der Waals surface area contributed by atoms with Crippen LogP contribution >= 0.6 is 0 Å². The molecule has 2 aromatic rings. The number of aromatic nitrogens is 1. The van der Waals surface area contributed by atoms with E-state index in [1.54, 1.807) is 12.3 Å². The zero-order valence-corrected chi connectivity index (χ0v) is 8.35. The topological polar surface area (TPSA) is 50.9 Å². The third kappa shape index (κ3) is 2.71. The fourth-order valence-corrected chi connectivity index (χ4v) is 1.33. The molecule has 0 saturated carbocycles. The predicted octanol–water partition coefficient (Wildman–Crippen LogP) is 2.28. The van der Waals surface area contributed by atoms with Crippen molar-refractivity contribution in [2.75, 3.05) is 11.1 Å². The van der Waals surface area contributed by atoms with Gasteiger partial charge in [-0.15, -0.1) is 0 Å². The molecule has 0 aliphatic carbocycles. The molecule has 3 N–H and O–H groups in total. The molecular weight excluding hydrogens is 186 g/mol. The van der Waals surface area contributed by atoms with E-state index in [1.165, 1.54) is 5.56 Å². The van der Waals surface area contributed by atoms with Crippen LogP contribution in [0, 0.1) is 0 Å². The summed E-state index contributed by atoms with van der Waals surface area (Å²) < 4.78 is 0. The van der Waals surface area contributed by atoms with E-state index in [0.717, 1.165) is 18.1 Å². The third-order valence-electron chi connectivity index (χ3n) is 2.10. The summed E-state index contributed by atoms with van der Waals surface area (Å²) in [7, 11) is 0. The van der Waals surface area contributed by atoms with Gasteiger partial charge in [-0.25, -0.2) is 4.98 Å². The standard InChI is InChI=1S/C12H13N3/c13-11-6-7-14-12(8-11)15-9-10-4-2-1-3-5-10/h1-8H,9H2,(H3,13,14,15). The lowest BCUT2D eigenvalue weighted by molar-refractivity contribution is 1.11. The fourth-order valence-electron chi connectivity index (χ4n) is 1.33. The Morgan fingerprint density at radius 3 is 2.67 bits per heavy atom. The maximum atomic E-state index is 5.65. The van der Waals surface area contributed by atoms with Crippen LogP contribution in [0.3, 0.4) is 0 Å². The van der Waals surface area contributed by atoms with Crippen molar-refractivity contribution in [2.24, 2.45) is 0 Å². The largest absolute Gasteiger partial charge is 0.399 e. The Bertz CT molecular complexity index is 426. The van der Waals surface area contributed by atoms with Crippen molar-refractivity contribution in [3.8, 4) is 0 Å². The van der Waals surface area contributed by atoms with Crippen molar-refractivity contribution in [1.29, 1.82) is 0 Å². The minimum Gasteiger partial charge on any atom is -0.399 e. The second kappa shape index (κ2) is 4.46. The van der Waals surface area contributed by atoms with Crippen molar-refractivity contribution in [2.45, 2.75) is 6.54 Å². The highest BCUT2D eigenvalue weighted by Crippen LogP contribution is 2.09. The third-order valence-corrected chi connectivity index (χ3v) is 2.10. The molecule has 1 heterocycles. The molecule has 15 heavy (non-hydrogen) atoms. The van der Waals surface area contributed by atoms with Gasteiger partial charge in [-0.05, 0) is 11.6 Å². The first-order chi connectivity index (χ1) is 7.34. The number of hydrogen-bond acceptors (Lipinski definition) is 3. The summed E-state index contributed by atoms with van der Waals surface area (Å²) in [6.45, 7) is 0.761. The van der Waals surface area contributed by atoms with Gasteiger partial charge in [0.25, 0.3) is 0 Å². The first-order valence-electron chi connectivity index (χ1n) is 4.84. The molecule has 0 saturated heterocycles. The normalized spacial score (nSPS) is 9.87. The quantitative estimate of drug-likeness (QED) is 0.797. The Balaban J connectivity index is 1.99. The van der Waals surface area contributed by atoms with Crippen molar-refractivity contribution >= 4 is 11.5 Å². The zero-order chi connectivity index (χ0) is 10.5. The molecule has 0 fully saturated rings. The van der Waals surface area contributed by atoms with Crippen molar-refractivity contribution in [1.82, 2.24) is 4.98 Å². The summed E-state index contributed by atoms with van der Waals surface area (Å²) >= 11 is 0. The molecule has 0 aliphatic rings. The first kappa shape index (κ1) is 9.52. The van der Waals surface area contributed by atoms with Gasteiger partial charge in [0.2, 0.25) is 0 Å². The first-order valence-corrected chi connectivity index (χ1v) is 4.84. The molecule has 0 bridgehead atoms. The molecule has 1 aromatic heterocycles. The monoisotopic (exact) mass is 199 g/mol. The van der Waals surface area contributed by atoms with Gasteiger partial charge in [-0.1, -0.05) is 30.3 Å². The van der Waals surface area contributed by atoms with Crippen molar-refractivity contribution in [3.63, 3.8) is 0 Å². The Hall–Kier alpha value is -2.03. The van der Waals surface area contributed by atoms with Crippen molar-refractivity contribution < 1.29 is 0 Å². The molecule has 1 aromatic carbocycles. The zero-order valence-electron chi connectivity index (χ0n) is 8.35. The van der Waals surface area contributed by atoms with Crippen LogP contribution in [0.25, 0.3) is 0 Å². The Morgan fingerprint density at radius 1 is 1.13 bits per heavy atom. The molecule has 3 heteroatoms. The van der Waals surface area contributed by atoms with Crippen LogP contribution in [0.1, 0.15) is 5.56 Å². The fraction of sp³-hybridized carbons (Fsp3) is 0.0833. The summed E-state index contributed by atoms with van der Waals surface area (Å²) in [6.07, 6.45) is 1.70. The number of nitrogens with zero attached hydrogens (tertiary/aromatic N) is 1. The molecule has 0 spiro atoms. The van der Waals surface area contributed by atoms with Crippen LogP contribution in [0.4, 0.5) is 11.5 Å². The number of nitrogens with two attached hydrogens (primary N) is 1. The van der Waals surface area contributed by atoms with Gasteiger partial charge in [-0.2, -0.15) is 0 Å². The lowest BCUT2D eigenvalue weighted by atomic mass is 10.2. The van der Waals surface area contributed by atoms with E-state index in [2.05, 4.69) is 22.4 Å². The highest BCUT2D eigenvalue weighted by molar-refractivity contribution is 5.48. The number of nitrogens with one attached hydrogen (secondary N) is 1. The van der Waals surface area contributed by atoms with Gasteiger partial charge < -0.3 is 11.1 Å². The van der Waals surface area contributed by atoms with E-state index < -0.39 is 0 Å². The Labute approximate surface area is 89.0 Å².